The number of nitrogens with one attached hydrogen (secondary N) is 2. The maximum absolute atomic E-state index is 12.4. The molecule has 0 radical (unpaired) electrons. The van der Waals surface area contributed by atoms with Crippen LogP contribution >= 0.6 is 0 Å². The van der Waals surface area contributed by atoms with Gasteiger partial charge in [-0.05, 0) is 61.9 Å². The zero-order chi connectivity index (χ0) is 21.3. The van der Waals surface area contributed by atoms with Gasteiger partial charge in [-0.1, -0.05) is 6.07 Å². The van der Waals surface area contributed by atoms with Crippen LogP contribution in [-0.2, 0) is 22.4 Å². The van der Waals surface area contributed by atoms with E-state index in [4.69, 9.17) is 4.74 Å². The molecule has 4 rings (SSSR count). The summed E-state index contributed by atoms with van der Waals surface area (Å²) in [5, 5.41) is 14.5. The zero-order valence-corrected chi connectivity index (χ0v) is 16.5. The Labute approximate surface area is 172 Å². The molecule has 0 spiro atoms. The van der Waals surface area contributed by atoms with Crippen molar-refractivity contribution in [1.82, 2.24) is 4.98 Å². The van der Waals surface area contributed by atoms with Crippen LogP contribution in [0.2, 0.25) is 0 Å². The fraction of sp³-hybridized carbons (Fsp3) is 0.273. The van der Waals surface area contributed by atoms with Crippen LogP contribution < -0.4 is 5.32 Å². The largest absolute Gasteiger partial charge is 0.452 e. The average molecular weight is 407 g/mol. The highest BCUT2D eigenvalue weighted by molar-refractivity contribution is 5.98. The topological polar surface area (TPSA) is 114 Å². The molecule has 0 atom stereocenters. The Hall–Kier alpha value is -3.68. The third kappa shape index (κ3) is 3.89. The van der Waals surface area contributed by atoms with E-state index in [1.165, 1.54) is 23.4 Å². The number of non-ortho nitro benzene ring substituents is 1. The first-order valence-corrected chi connectivity index (χ1v) is 9.78. The van der Waals surface area contributed by atoms with Gasteiger partial charge in [-0.25, -0.2) is 4.79 Å². The smallest absolute Gasteiger partial charge is 0.338 e. The van der Waals surface area contributed by atoms with Crippen molar-refractivity contribution in [2.45, 2.75) is 32.6 Å². The lowest BCUT2D eigenvalue weighted by Gasteiger charge is -2.11. The third-order valence-electron chi connectivity index (χ3n) is 5.37. The van der Waals surface area contributed by atoms with E-state index in [-0.39, 0.29) is 5.69 Å². The lowest BCUT2D eigenvalue weighted by atomic mass is 9.95. The first kappa shape index (κ1) is 19.6. The van der Waals surface area contributed by atoms with E-state index in [1.807, 2.05) is 6.07 Å². The number of anilines is 1. The fourth-order valence-corrected chi connectivity index (χ4v) is 3.79. The van der Waals surface area contributed by atoms with Crippen LogP contribution in [0, 0.1) is 17.0 Å². The molecule has 8 nitrogen and oxygen atoms in total. The molecule has 0 bridgehead atoms. The maximum atomic E-state index is 12.4. The summed E-state index contributed by atoms with van der Waals surface area (Å²) in [6, 6.07) is 9.53. The summed E-state index contributed by atoms with van der Waals surface area (Å²) in [6.07, 6.45) is 4.29. The summed E-state index contributed by atoms with van der Waals surface area (Å²) in [4.78, 5) is 38.4. The first-order chi connectivity index (χ1) is 14.4. The predicted octanol–water partition coefficient (Wildman–Crippen LogP) is 4.06. The number of hydrogen-bond donors (Lipinski definition) is 2. The quantitative estimate of drug-likeness (QED) is 0.376. The Morgan fingerprint density at radius 1 is 1.17 bits per heavy atom. The number of fused-ring (bicyclic) bond motifs is 3. The summed E-state index contributed by atoms with van der Waals surface area (Å²) >= 11 is 0. The molecule has 0 saturated heterocycles. The highest BCUT2D eigenvalue weighted by Crippen LogP contribution is 2.30. The molecule has 1 amide bonds. The normalized spacial score (nSPS) is 13.0. The van der Waals surface area contributed by atoms with E-state index in [2.05, 4.69) is 10.3 Å². The van der Waals surface area contributed by atoms with Gasteiger partial charge in [0.25, 0.3) is 11.6 Å². The van der Waals surface area contributed by atoms with E-state index in [0.29, 0.717) is 16.8 Å². The van der Waals surface area contributed by atoms with Crippen molar-refractivity contribution in [3.63, 3.8) is 0 Å². The number of aromatic amines is 1. The molecule has 30 heavy (non-hydrogen) atoms. The van der Waals surface area contributed by atoms with Crippen LogP contribution in [-0.4, -0.2) is 28.4 Å². The molecule has 1 aliphatic rings. The molecule has 0 saturated carbocycles. The molecule has 0 aliphatic heterocycles. The number of H-pyrrole nitrogens is 1. The van der Waals surface area contributed by atoms with Crippen molar-refractivity contribution in [2.24, 2.45) is 0 Å². The molecule has 8 heteroatoms. The lowest BCUT2D eigenvalue weighted by molar-refractivity contribution is -0.384. The number of hydrogen-bond acceptors (Lipinski definition) is 5. The minimum atomic E-state index is -0.589. The summed E-state index contributed by atoms with van der Waals surface area (Å²) in [5.41, 5.74) is 4.72. The number of nitro benzene ring substituents is 1. The van der Waals surface area contributed by atoms with E-state index in [0.717, 1.165) is 36.6 Å². The summed E-state index contributed by atoms with van der Waals surface area (Å²) in [6.45, 7) is 1.24. The van der Waals surface area contributed by atoms with Gasteiger partial charge in [0.05, 0.1) is 16.2 Å². The lowest BCUT2D eigenvalue weighted by Crippen LogP contribution is -2.21. The van der Waals surface area contributed by atoms with E-state index >= 15 is 0 Å². The number of aromatic nitrogens is 1. The van der Waals surface area contributed by atoms with Gasteiger partial charge in [-0.2, -0.15) is 0 Å². The molecular formula is C22H21N3O5. The average Bonchev–Trinajstić information content (AvgIpc) is 3.11. The van der Waals surface area contributed by atoms with Crippen molar-refractivity contribution in [3.8, 4) is 0 Å². The van der Waals surface area contributed by atoms with Crippen LogP contribution in [0.3, 0.4) is 0 Å². The highest BCUT2D eigenvalue weighted by Gasteiger charge is 2.18. The molecule has 154 valence electrons. The Kier molecular flexibility index (Phi) is 5.22. The number of amides is 1. The first-order valence-electron chi connectivity index (χ1n) is 9.78. The van der Waals surface area contributed by atoms with E-state index in [9.17, 15) is 19.7 Å². The molecule has 0 unspecified atom stereocenters. The zero-order valence-electron chi connectivity index (χ0n) is 16.5. The number of carbonyl (C=O) groups excluding carboxylic acids is 2. The molecule has 3 aromatic rings. The van der Waals surface area contributed by atoms with Gasteiger partial charge in [0.2, 0.25) is 0 Å². The standard InChI is InChI=1S/C22H21N3O5/c1-13-6-8-15(25(28)29)11-20(13)24-21(26)12-30-22(27)14-7-9-19-17(10-14)16-4-2-3-5-18(16)23-19/h6-11,23H,2-5,12H2,1H3,(H,24,26). The minimum absolute atomic E-state index is 0.129. The number of nitrogens with zero attached hydrogens (tertiary/aromatic N) is 1. The number of carbonyl (C=O) groups is 2. The molecule has 2 N–H and O–H groups in total. The van der Waals surface area contributed by atoms with Gasteiger partial charge in [0.1, 0.15) is 0 Å². The Morgan fingerprint density at radius 3 is 2.77 bits per heavy atom. The van der Waals surface area contributed by atoms with Crippen molar-refractivity contribution in [2.75, 3.05) is 11.9 Å². The van der Waals surface area contributed by atoms with Crippen molar-refractivity contribution >= 4 is 34.2 Å². The Balaban J connectivity index is 1.43. The third-order valence-corrected chi connectivity index (χ3v) is 5.37. The second kappa shape index (κ2) is 7.98. The van der Waals surface area contributed by atoms with Crippen molar-refractivity contribution in [3.05, 3.63) is 68.9 Å². The summed E-state index contributed by atoms with van der Waals surface area (Å²) < 4.78 is 5.15. The maximum Gasteiger partial charge on any atom is 0.338 e. The van der Waals surface area contributed by atoms with Gasteiger partial charge in [0, 0.05) is 28.7 Å². The number of ether oxygens (including phenoxy) is 1. The van der Waals surface area contributed by atoms with Gasteiger partial charge >= 0.3 is 5.97 Å². The van der Waals surface area contributed by atoms with Crippen molar-refractivity contribution in [1.29, 1.82) is 0 Å². The fourth-order valence-electron chi connectivity index (χ4n) is 3.79. The molecule has 0 fully saturated rings. The molecular weight excluding hydrogens is 386 g/mol. The van der Waals surface area contributed by atoms with E-state index in [1.54, 1.807) is 25.1 Å². The number of aryl methyl sites for hydroxylation is 3. The Bertz CT molecular complexity index is 1170. The van der Waals surface area contributed by atoms with Crippen LogP contribution in [0.5, 0.6) is 0 Å². The Morgan fingerprint density at radius 2 is 1.97 bits per heavy atom. The second-order valence-corrected chi connectivity index (χ2v) is 7.43. The SMILES string of the molecule is Cc1ccc([N+](=O)[O-])cc1NC(=O)COC(=O)c1ccc2[nH]c3c(c2c1)CCCC3. The predicted molar refractivity (Wildman–Crippen MR) is 112 cm³/mol. The van der Waals surface area contributed by atoms with Crippen molar-refractivity contribution < 1.29 is 19.2 Å². The number of nitro groups is 1. The number of rotatable bonds is 5. The molecule has 2 aromatic carbocycles. The molecule has 1 aliphatic carbocycles. The van der Waals surface area contributed by atoms with Gasteiger partial charge in [0.15, 0.2) is 6.61 Å². The van der Waals surface area contributed by atoms with Gasteiger partial charge < -0.3 is 15.0 Å². The number of esters is 1. The van der Waals surface area contributed by atoms with Crippen LogP contribution in [0.25, 0.3) is 10.9 Å². The number of benzene rings is 2. The van der Waals surface area contributed by atoms with Crippen LogP contribution in [0.15, 0.2) is 36.4 Å². The van der Waals surface area contributed by atoms with Gasteiger partial charge in [-0.3, -0.25) is 14.9 Å². The monoisotopic (exact) mass is 407 g/mol. The van der Waals surface area contributed by atoms with E-state index < -0.39 is 23.4 Å². The highest BCUT2D eigenvalue weighted by atomic mass is 16.6. The summed E-state index contributed by atoms with van der Waals surface area (Å²) in [5.74, 6) is -1.15. The second-order valence-electron chi connectivity index (χ2n) is 7.43. The molecule has 1 aromatic heterocycles. The molecule has 1 heterocycles. The summed E-state index contributed by atoms with van der Waals surface area (Å²) in [7, 11) is 0. The van der Waals surface area contributed by atoms with Crippen LogP contribution in [0.1, 0.15) is 40.0 Å². The van der Waals surface area contributed by atoms with Gasteiger partial charge in [-0.15, -0.1) is 0 Å². The van der Waals surface area contributed by atoms with Crippen LogP contribution in [0.4, 0.5) is 11.4 Å². The minimum Gasteiger partial charge on any atom is -0.452 e.